The van der Waals surface area contributed by atoms with Crippen LogP contribution in [-0.2, 0) is 6.42 Å². The fourth-order valence-corrected chi connectivity index (χ4v) is 3.52. The number of methoxy groups -OCH3 is 2. The Hall–Kier alpha value is -1.22. The van der Waals surface area contributed by atoms with Crippen molar-refractivity contribution in [3.63, 3.8) is 0 Å². The molecule has 7 heteroatoms. The average molecular weight is 504 g/mol. The van der Waals surface area contributed by atoms with E-state index < -0.39 is 0 Å². The molecule has 0 amide bonds. The van der Waals surface area contributed by atoms with Gasteiger partial charge in [0.2, 0.25) is 0 Å². The summed E-state index contributed by atoms with van der Waals surface area (Å²) >= 11 is 0. The Morgan fingerprint density at radius 1 is 1.21 bits per heavy atom. The molecule has 2 atom stereocenters. The quantitative estimate of drug-likeness (QED) is 0.247. The van der Waals surface area contributed by atoms with Crippen molar-refractivity contribution in [3.8, 4) is 11.5 Å². The highest BCUT2D eigenvalue weighted by Gasteiger charge is 2.31. The average Bonchev–Trinajstić information content (AvgIpc) is 3.04. The van der Waals surface area contributed by atoms with Crippen LogP contribution in [0.3, 0.4) is 0 Å². The number of rotatable bonds is 8. The summed E-state index contributed by atoms with van der Waals surface area (Å²) in [5, 5.41) is 7.04. The van der Waals surface area contributed by atoms with Crippen LogP contribution >= 0.6 is 24.0 Å². The maximum Gasteiger partial charge on any atom is 0.191 e. The number of nitrogens with one attached hydrogen (secondary N) is 2. The molecule has 1 aliphatic heterocycles. The zero-order chi connectivity index (χ0) is 19.8. The van der Waals surface area contributed by atoms with Crippen molar-refractivity contribution >= 4 is 29.9 Å². The number of likely N-dealkylation sites (tertiary alicyclic amines) is 1. The first-order chi connectivity index (χ1) is 13.0. The Bertz CT molecular complexity index is 624. The van der Waals surface area contributed by atoms with Crippen LogP contribution in [0.4, 0.5) is 0 Å². The predicted molar refractivity (Wildman–Crippen MR) is 127 cm³/mol. The van der Waals surface area contributed by atoms with E-state index in [1.165, 1.54) is 5.56 Å². The molecule has 0 aromatic heterocycles. The molecule has 0 radical (unpaired) electrons. The summed E-state index contributed by atoms with van der Waals surface area (Å²) in [4.78, 5) is 6.91. The number of ether oxygens (including phenoxy) is 2. The molecule has 0 spiro atoms. The van der Waals surface area contributed by atoms with Crippen LogP contribution in [0.5, 0.6) is 11.5 Å². The number of hydrogen-bond acceptors (Lipinski definition) is 4. The molecular weight excluding hydrogens is 467 g/mol. The predicted octanol–water partition coefficient (Wildman–Crippen LogP) is 3.15. The van der Waals surface area contributed by atoms with Gasteiger partial charge in [0.1, 0.15) is 0 Å². The Morgan fingerprint density at radius 2 is 1.93 bits per heavy atom. The van der Waals surface area contributed by atoms with E-state index in [0.717, 1.165) is 49.9 Å². The molecule has 0 saturated carbocycles. The molecule has 2 unspecified atom stereocenters. The smallest absolute Gasteiger partial charge is 0.191 e. The van der Waals surface area contributed by atoms with E-state index in [4.69, 9.17) is 9.47 Å². The largest absolute Gasteiger partial charge is 0.493 e. The molecule has 1 aromatic carbocycles. The van der Waals surface area contributed by atoms with Gasteiger partial charge in [-0.1, -0.05) is 13.0 Å². The van der Waals surface area contributed by atoms with Crippen LogP contribution < -0.4 is 20.1 Å². The normalized spacial score (nSPS) is 20.0. The molecule has 6 nitrogen and oxygen atoms in total. The second-order valence-corrected chi connectivity index (χ2v) is 7.57. The number of halogens is 1. The third-order valence-corrected chi connectivity index (χ3v) is 5.30. The van der Waals surface area contributed by atoms with E-state index in [1.807, 2.05) is 19.2 Å². The van der Waals surface area contributed by atoms with Gasteiger partial charge in [0.25, 0.3) is 0 Å². The standard InChI is InChI=1S/C21H36N4O2.HI/c1-15(2)25-13-16(3)18(14-25)24-21(22-4)23-11-7-8-17-9-10-19(26-5)20(12-17)27-6;/h9-10,12,15-16,18H,7-8,11,13-14H2,1-6H3,(H2,22,23,24);1H. The number of hydrogen-bond donors (Lipinski definition) is 2. The summed E-state index contributed by atoms with van der Waals surface area (Å²) in [6.45, 7) is 9.93. The second kappa shape index (κ2) is 12.4. The van der Waals surface area contributed by atoms with Crippen molar-refractivity contribution in [1.29, 1.82) is 0 Å². The van der Waals surface area contributed by atoms with E-state index in [2.05, 4.69) is 47.4 Å². The zero-order valence-electron chi connectivity index (χ0n) is 18.1. The minimum absolute atomic E-state index is 0. The lowest BCUT2D eigenvalue weighted by molar-refractivity contribution is 0.265. The number of benzene rings is 1. The van der Waals surface area contributed by atoms with Crippen molar-refractivity contribution in [3.05, 3.63) is 23.8 Å². The van der Waals surface area contributed by atoms with E-state index in [0.29, 0.717) is 18.0 Å². The van der Waals surface area contributed by atoms with Crippen molar-refractivity contribution < 1.29 is 9.47 Å². The summed E-state index contributed by atoms with van der Waals surface area (Å²) in [6.07, 6.45) is 2.00. The van der Waals surface area contributed by atoms with Crippen LogP contribution in [-0.4, -0.2) is 63.8 Å². The van der Waals surface area contributed by atoms with E-state index in [-0.39, 0.29) is 24.0 Å². The lowest BCUT2D eigenvalue weighted by Crippen LogP contribution is -2.47. The molecule has 28 heavy (non-hydrogen) atoms. The van der Waals surface area contributed by atoms with Crippen molar-refractivity contribution in [2.24, 2.45) is 10.9 Å². The molecule has 1 saturated heterocycles. The number of aliphatic imine (C=N–C) groups is 1. The lowest BCUT2D eigenvalue weighted by atomic mass is 10.1. The van der Waals surface area contributed by atoms with Gasteiger partial charge in [0.05, 0.1) is 14.2 Å². The van der Waals surface area contributed by atoms with E-state index >= 15 is 0 Å². The minimum Gasteiger partial charge on any atom is -0.493 e. The Kier molecular flexibility index (Phi) is 11.0. The molecular formula is C21H37IN4O2. The summed E-state index contributed by atoms with van der Waals surface area (Å²) in [7, 11) is 5.17. The summed E-state index contributed by atoms with van der Waals surface area (Å²) < 4.78 is 10.7. The Morgan fingerprint density at radius 3 is 2.50 bits per heavy atom. The maximum absolute atomic E-state index is 5.37. The van der Waals surface area contributed by atoms with Crippen LogP contribution in [0.1, 0.15) is 32.8 Å². The fourth-order valence-electron chi connectivity index (χ4n) is 3.52. The van der Waals surface area contributed by atoms with Crippen LogP contribution in [0.15, 0.2) is 23.2 Å². The number of aryl methyl sites for hydroxylation is 1. The van der Waals surface area contributed by atoms with Gasteiger partial charge in [-0.25, -0.2) is 0 Å². The molecule has 1 aromatic rings. The van der Waals surface area contributed by atoms with Gasteiger partial charge in [-0.05, 0) is 50.3 Å². The highest BCUT2D eigenvalue weighted by atomic mass is 127. The highest BCUT2D eigenvalue weighted by molar-refractivity contribution is 14.0. The molecule has 160 valence electrons. The third kappa shape index (κ3) is 6.99. The summed E-state index contributed by atoms with van der Waals surface area (Å²) in [5.74, 6) is 3.07. The molecule has 0 bridgehead atoms. The Balaban J connectivity index is 0.00000392. The highest BCUT2D eigenvalue weighted by Crippen LogP contribution is 2.27. The minimum atomic E-state index is 0. The van der Waals surface area contributed by atoms with Crippen molar-refractivity contribution in [2.45, 2.75) is 45.7 Å². The number of guanidine groups is 1. The second-order valence-electron chi connectivity index (χ2n) is 7.57. The van der Waals surface area contributed by atoms with E-state index in [9.17, 15) is 0 Å². The van der Waals surface area contributed by atoms with Crippen molar-refractivity contribution in [2.75, 3.05) is 40.9 Å². The zero-order valence-corrected chi connectivity index (χ0v) is 20.4. The fraction of sp³-hybridized carbons (Fsp3) is 0.667. The lowest BCUT2D eigenvalue weighted by Gasteiger charge is -2.22. The first-order valence-corrected chi connectivity index (χ1v) is 9.90. The van der Waals surface area contributed by atoms with Gasteiger partial charge in [-0.3, -0.25) is 9.89 Å². The van der Waals surface area contributed by atoms with Gasteiger partial charge >= 0.3 is 0 Å². The molecule has 2 N–H and O–H groups in total. The first-order valence-electron chi connectivity index (χ1n) is 9.90. The third-order valence-electron chi connectivity index (χ3n) is 5.30. The molecule has 1 fully saturated rings. The van der Waals surface area contributed by atoms with Gasteiger partial charge in [0, 0.05) is 38.8 Å². The van der Waals surface area contributed by atoms with Gasteiger partial charge in [-0.15, -0.1) is 24.0 Å². The van der Waals surface area contributed by atoms with Crippen LogP contribution in [0.25, 0.3) is 0 Å². The van der Waals surface area contributed by atoms with Gasteiger partial charge < -0.3 is 20.1 Å². The van der Waals surface area contributed by atoms with Crippen LogP contribution in [0, 0.1) is 5.92 Å². The summed E-state index contributed by atoms with van der Waals surface area (Å²) in [6, 6.07) is 7.14. The maximum atomic E-state index is 5.37. The molecule has 2 rings (SSSR count). The topological polar surface area (TPSA) is 58.1 Å². The first kappa shape index (κ1) is 24.8. The SMILES string of the molecule is CN=C(NCCCc1ccc(OC)c(OC)c1)NC1CN(C(C)C)CC1C.I. The van der Waals surface area contributed by atoms with Gasteiger partial charge in [-0.2, -0.15) is 0 Å². The summed E-state index contributed by atoms with van der Waals surface area (Å²) in [5.41, 5.74) is 1.24. The molecule has 0 aliphatic carbocycles. The van der Waals surface area contributed by atoms with Crippen molar-refractivity contribution in [1.82, 2.24) is 15.5 Å². The molecule has 1 aliphatic rings. The van der Waals surface area contributed by atoms with Crippen LogP contribution in [0.2, 0.25) is 0 Å². The number of nitrogens with zero attached hydrogens (tertiary/aromatic N) is 2. The van der Waals surface area contributed by atoms with E-state index in [1.54, 1.807) is 14.2 Å². The Labute approximate surface area is 187 Å². The molecule has 1 heterocycles. The van der Waals surface area contributed by atoms with Gasteiger partial charge in [0.15, 0.2) is 17.5 Å². The monoisotopic (exact) mass is 504 g/mol.